The van der Waals surface area contributed by atoms with Crippen molar-refractivity contribution in [3.8, 4) is 0 Å². The number of ether oxygens (including phenoxy) is 3. The van der Waals surface area contributed by atoms with Crippen LogP contribution in [-0.2, 0) is 36.9 Å². The van der Waals surface area contributed by atoms with E-state index < -0.39 is 52.3 Å². The van der Waals surface area contributed by atoms with E-state index in [0.717, 1.165) is 11.8 Å². The monoisotopic (exact) mass is 563 g/mol. The lowest BCUT2D eigenvalue weighted by Gasteiger charge is -2.22. The molecule has 1 unspecified atom stereocenters. The summed E-state index contributed by atoms with van der Waals surface area (Å²) < 4.78 is 17.7. The van der Waals surface area contributed by atoms with Crippen LogP contribution in [0.25, 0.3) is 0 Å². The largest absolute Gasteiger partial charge is 0.467 e. The zero-order valence-electron chi connectivity index (χ0n) is 20.2. The molecule has 1 amide bonds. The Kier molecular flexibility index (Phi) is 8.67. The summed E-state index contributed by atoms with van der Waals surface area (Å²) >= 11 is 4.08. The number of amides is 1. The van der Waals surface area contributed by atoms with Crippen molar-refractivity contribution in [1.29, 1.82) is 0 Å². The Balaban J connectivity index is 2.25. The third-order valence-electron chi connectivity index (χ3n) is 4.44. The van der Waals surface area contributed by atoms with Crippen LogP contribution in [0.5, 0.6) is 0 Å². The summed E-state index contributed by atoms with van der Waals surface area (Å²) in [5.41, 5.74) is -2.49. The number of carbonyl (C=O) groups excluding carboxylic acids is 3. The number of nitrogens with one attached hydrogen (secondary N) is 1. The Morgan fingerprint density at radius 2 is 1.56 bits per heavy atom. The summed E-state index contributed by atoms with van der Waals surface area (Å²) in [7, 11) is 1.17. The van der Waals surface area contributed by atoms with E-state index in [9.17, 15) is 24.0 Å². The van der Waals surface area contributed by atoms with Crippen LogP contribution in [0.1, 0.15) is 41.5 Å². The Morgan fingerprint density at radius 1 is 1.03 bits per heavy atom. The van der Waals surface area contributed by atoms with Crippen molar-refractivity contribution >= 4 is 45.7 Å². The molecular formula is C21H30BrN3O8S. The maximum absolute atomic E-state index is 13.1. The first-order valence-electron chi connectivity index (χ1n) is 10.5. The number of fused-ring (bicyclic) bond motifs is 1. The molecule has 0 radical (unpaired) electrons. The van der Waals surface area contributed by atoms with Gasteiger partial charge in [-0.3, -0.25) is 14.4 Å². The van der Waals surface area contributed by atoms with Gasteiger partial charge in [-0.25, -0.2) is 19.0 Å². The van der Waals surface area contributed by atoms with Crippen molar-refractivity contribution in [1.82, 2.24) is 14.7 Å². The number of thioether (sulfide) groups is 1. The van der Waals surface area contributed by atoms with Crippen molar-refractivity contribution in [2.45, 2.75) is 76.8 Å². The number of hydrogen-bond donors (Lipinski definition) is 1. The fourth-order valence-corrected chi connectivity index (χ4v) is 4.78. The van der Waals surface area contributed by atoms with Crippen LogP contribution in [0.15, 0.2) is 19.0 Å². The van der Waals surface area contributed by atoms with Gasteiger partial charge < -0.3 is 19.5 Å². The maximum Gasteiger partial charge on any atom is 0.408 e. The lowest BCUT2D eigenvalue weighted by Crippen LogP contribution is -2.45. The minimum absolute atomic E-state index is 0.00414. The fraction of sp³-hybridized carbons (Fsp3) is 0.667. The maximum atomic E-state index is 13.1. The van der Waals surface area contributed by atoms with Gasteiger partial charge in [-0.1, -0.05) is 0 Å². The number of hydrogen-bond acceptors (Lipinski definition) is 9. The van der Waals surface area contributed by atoms with Gasteiger partial charge in [-0.15, -0.1) is 11.8 Å². The van der Waals surface area contributed by atoms with Crippen LogP contribution in [0.2, 0.25) is 0 Å². The molecule has 1 aromatic heterocycles. The molecule has 0 fully saturated rings. The number of halogens is 1. The van der Waals surface area contributed by atoms with Crippen LogP contribution in [0.3, 0.4) is 0 Å². The molecule has 0 saturated heterocycles. The minimum atomic E-state index is -1.13. The molecule has 1 N–H and O–H groups in total. The predicted molar refractivity (Wildman–Crippen MR) is 128 cm³/mol. The van der Waals surface area contributed by atoms with Crippen molar-refractivity contribution in [2.24, 2.45) is 5.92 Å². The van der Waals surface area contributed by atoms with Gasteiger partial charge >= 0.3 is 18.0 Å². The molecule has 0 aliphatic carbocycles. The Hall–Kier alpha value is -2.28. The van der Waals surface area contributed by atoms with Crippen LogP contribution in [0, 0.1) is 5.92 Å². The van der Waals surface area contributed by atoms with Crippen LogP contribution in [0.4, 0.5) is 4.79 Å². The number of methoxy groups -OCH3 is 1. The van der Waals surface area contributed by atoms with Gasteiger partial charge in [-0.05, 0) is 57.5 Å². The van der Waals surface area contributed by atoms with E-state index in [-0.39, 0.29) is 28.2 Å². The van der Waals surface area contributed by atoms with E-state index in [0.29, 0.717) is 0 Å². The van der Waals surface area contributed by atoms with E-state index in [1.807, 2.05) is 0 Å². The van der Waals surface area contributed by atoms with Crippen LogP contribution >= 0.6 is 27.7 Å². The quantitative estimate of drug-likeness (QED) is 0.312. The van der Waals surface area contributed by atoms with Gasteiger partial charge in [0.25, 0.3) is 11.1 Å². The minimum Gasteiger partial charge on any atom is -0.467 e. The van der Waals surface area contributed by atoms with Gasteiger partial charge in [0.2, 0.25) is 0 Å². The third kappa shape index (κ3) is 7.11. The Morgan fingerprint density at radius 3 is 2.06 bits per heavy atom. The molecule has 2 atom stereocenters. The molecule has 1 aromatic rings. The Labute approximate surface area is 209 Å². The predicted octanol–water partition coefficient (Wildman–Crippen LogP) is 1.90. The smallest absolute Gasteiger partial charge is 0.408 e. The molecule has 1 aliphatic rings. The number of nitrogens with zero attached hydrogens (tertiary/aromatic N) is 2. The van der Waals surface area contributed by atoms with Gasteiger partial charge in [0.15, 0.2) is 0 Å². The number of esters is 2. The van der Waals surface area contributed by atoms with Crippen molar-refractivity contribution in [3.63, 3.8) is 0 Å². The second kappa shape index (κ2) is 10.5. The van der Waals surface area contributed by atoms with Crippen LogP contribution in [-0.4, -0.2) is 57.5 Å². The molecule has 11 nitrogen and oxygen atoms in total. The normalized spacial score (nSPS) is 16.4. The lowest BCUT2D eigenvalue weighted by atomic mass is 10.1. The Bertz CT molecular complexity index is 1080. The molecule has 0 aromatic carbocycles. The standard InChI is InChI=1S/C21H30BrN3O8S/c1-20(2,3)32-17(28)11-8-24-15(26)13(22)14(16(27)25(24)9-11)34-10-12(18(29)31-7)23-19(30)33-21(4,5)6/h11-12H,8-10H2,1-7H3,(H,23,30)/t11?,12-/m0/s1. The molecule has 1 aliphatic heterocycles. The summed E-state index contributed by atoms with van der Waals surface area (Å²) in [6, 6.07) is -1.13. The van der Waals surface area contributed by atoms with E-state index in [1.54, 1.807) is 41.5 Å². The number of rotatable bonds is 6. The van der Waals surface area contributed by atoms with Crippen molar-refractivity contribution < 1.29 is 28.6 Å². The van der Waals surface area contributed by atoms with Gasteiger partial charge in [0, 0.05) is 5.75 Å². The fourth-order valence-electron chi connectivity index (χ4n) is 3.07. The second-order valence-electron chi connectivity index (χ2n) is 9.68. The first kappa shape index (κ1) is 28.0. The third-order valence-corrected chi connectivity index (χ3v) is 6.60. The molecule has 2 rings (SSSR count). The SMILES string of the molecule is COC(=O)[C@H](CSc1c(Br)c(=O)n2n(c1=O)CC(C(=O)OC(C)(C)C)C2)NC(=O)OC(C)(C)C. The highest BCUT2D eigenvalue weighted by Crippen LogP contribution is 2.25. The average Bonchev–Trinajstić information content (AvgIpc) is 3.14. The summed E-state index contributed by atoms with van der Waals surface area (Å²) in [5.74, 6) is -2.02. The lowest BCUT2D eigenvalue weighted by molar-refractivity contribution is -0.160. The van der Waals surface area contributed by atoms with Crippen LogP contribution < -0.4 is 16.4 Å². The summed E-state index contributed by atoms with van der Waals surface area (Å²) in [6.45, 7) is 10.2. The summed E-state index contributed by atoms with van der Waals surface area (Å²) in [6.07, 6.45) is -0.825. The molecule has 0 spiro atoms. The van der Waals surface area contributed by atoms with Crippen molar-refractivity contribution in [3.05, 3.63) is 25.2 Å². The zero-order valence-corrected chi connectivity index (χ0v) is 22.6. The highest BCUT2D eigenvalue weighted by molar-refractivity contribution is 9.10. The van der Waals surface area contributed by atoms with E-state index in [4.69, 9.17) is 14.2 Å². The second-order valence-corrected chi connectivity index (χ2v) is 11.5. The first-order chi connectivity index (χ1) is 15.5. The van der Waals surface area contributed by atoms with E-state index >= 15 is 0 Å². The molecule has 0 bridgehead atoms. The van der Waals surface area contributed by atoms with Crippen molar-refractivity contribution in [2.75, 3.05) is 12.9 Å². The molecule has 13 heteroatoms. The van der Waals surface area contributed by atoms with E-state index in [1.165, 1.54) is 16.5 Å². The summed E-state index contributed by atoms with van der Waals surface area (Å²) in [4.78, 5) is 62.8. The zero-order chi connectivity index (χ0) is 26.0. The molecule has 190 valence electrons. The van der Waals surface area contributed by atoms with Gasteiger partial charge in [0.05, 0.1) is 31.0 Å². The number of alkyl carbamates (subject to hydrolysis) is 1. The highest BCUT2D eigenvalue weighted by atomic mass is 79.9. The average molecular weight is 564 g/mol. The molecule has 2 heterocycles. The molecule has 0 saturated carbocycles. The first-order valence-corrected chi connectivity index (χ1v) is 12.3. The topological polar surface area (TPSA) is 135 Å². The number of carbonyl (C=O) groups is 3. The number of aromatic nitrogens is 2. The highest BCUT2D eigenvalue weighted by Gasteiger charge is 2.35. The molecular weight excluding hydrogens is 534 g/mol. The molecule has 34 heavy (non-hydrogen) atoms. The summed E-state index contributed by atoms with van der Waals surface area (Å²) in [5, 5.41) is 2.42. The van der Waals surface area contributed by atoms with Gasteiger partial charge in [-0.2, -0.15) is 0 Å². The van der Waals surface area contributed by atoms with Gasteiger partial charge in [0.1, 0.15) is 21.7 Å². The van der Waals surface area contributed by atoms with E-state index in [2.05, 4.69) is 21.2 Å².